The Hall–Kier alpha value is -2.41. The summed E-state index contributed by atoms with van der Waals surface area (Å²) >= 11 is 1.29. The number of anilines is 2. The number of nitrogens with one attached hydrogen (secondary N) is 2. The van der Waals surface area contributed by atoms with Gasteiger partial charge in [-0.1, -0.05) is 0 Å². The van der Waals surface area contributed by atoms with E-state index in [2.05, 4.69) is 15.6 Å². The van der Waals surface area contributed by atoms with Gasteiger partial charge in [-0.2, -0.15) is 0 Å². The summed E-state index contributed by atoms with van der Waals surface area (Å²) < 4.78 is 5.18. The van der Waals surface area contributed by atoms with Crippen LogP contribution in [0.4, 0.5) is 10.8 Å². The number of carbonyl (C=O) groups is 2. The normalized spacial score (nSPS) is 10.1. The van der Waals surface area contributed by atoms with Crippen molar-refractivity contribution in [1.82, 2.24) is 4.98 Å². The van der Waals surface area contributed by atoms with E-state index in [1.54, 1.807) is 18.6 Å². The molecule has 1 heterocycles. The third-order valence-corrected chi connectivity index (χ3v) is 3.66. The Labute approximate surface area is 132 Å². The lowest BCUT2D eigenvalue weighted by molar-refractivity contribution is -0.116. The van der Waals surface area contributed by atoms with Crippen LogP contribution in [0, 0.1) is 6.92 Å². The molecule has 0 saturated heterocycles. The van der Waals surface area contributed by atoms with Crippen molar-refractivity contribution in [1.29, 1.82) is 0 Å². The topological polar surface area (TPSA) is 80.3 Å². The SMILES string of the molecule is COc1ccc(NC(=O)Cc2csc(NC(C)=O)n2)cc1C. The van der Waals surface area contributed by atoms with Gasteiger partial charge in [-0.05, 0) is 30.7 Å². The van der Waals surface area contributed by atoms with Crippen LogP contribution in [0.3, 0.4) is 0 Å². The summed E-state index contributed by atoms with van der Waals surface area (Å²) in [6.45, 7) is 3.33. The zero-order valence-corrected chi connectivity index (χ0v) is 13.4. The van der Waals surface area contributed by atoms with Gasteiger partial charge in [0.05, 0.1) is 19.2 Å². The van der Waals surface area contributed by atoms with E-state index in [1.807, 2.05) is 19.1 Å². The maximum absolute atomic E-state index is 12.0. The number of benzene rings is 1. The van der Waals surface area contributed by atoms with Gasteiger partial charge >= 0.3 is 0 Å². The van der Waals surface area contributed by atoms with Gasteiger partial charge in [0.15, 0.2) is 5.13 Å². The zero-order valence-electron chi connectivity index (χ0n) is 12.6. The molecule has 2 N–H and O–H groups in total. The van der Waals surface area contributed by atoms with Gasteiger partial charge in [0.1, 0.15) is 5.75 Å². The first kappa shape index (κ1) is 16.0. The highest BCUT2D eigenvalue weighted by molar-refractivity contribution is 7.13. The fourth-order valence-electron chi connectivity index (χ4n) is 1.92. The number of ether oxygens (including phenoxy) is 1. The minimum Gasteiger partial charge on any atom is -0.496 e. The lowest BCUT2D eigenvalue weighted by Crippen LogP contribution is -2.15. The van der Waals surface area contributed by atoms with Crippen LogP contribution in [-0.4, -0.2) is 23.9 Å². The highest BCUT2D eigenvalue weighted by atomic mass is 32.1. The molecule has 0 fully saturated rings. The zero-order chi connectivity index (χ0) is 16.1. The molecule has 0 radical (unpaired) electrons. The van der Waals surface area contributed by atoms with Crippen LogP contribution in [0.5, 0.6) is 5.75 Å². The number of rotatable bonds is 5. The average Bonchev–Trinajstić information content (AvgIpc) is 2.85. The number of hydrogen-bond acceptors (Lipinski definition) is 5. The van der Waals surface area contributed by atoms with Crippen LogP contribution < -0.4 is 15.4 Å². The van der Waals surface area contributed by atoms with Crippen molar-refractivity contribution in [3.8, 4) is 5.75 Å². The molecule has 6 nitrogen and oxygen atoms in total. The number of nitrogens with zero attached hydrogens (tertiary/aromatic N) is 1. The van der Waals surface area contributed by atoms with Gasteiger partial charge < -0.3 is 15.4 Å². The van der Waals surface area contributed by atoms with E-state index in [4.69, 9.17) is 4.74 Å². The van der Waals surface area contributed by atoms with Crippen molar-refractivity contribution < 1.29 is 14.3 Å². The lowest BCUT2D eigenvalue weighted by Gasteiger charge is -2.08. The van der Waals surface area contributed by atoms with Crippen LogP contribution in [0.1, 0.15) is 18.2 Å². The molecule has 0 saturated carbocycles. The summed E-state index contributed by atoms with van der Waals surface area (Å²) in [7, 11) is 1.61. The fourth-order valence-corrected chi connectivity index (χ4v) is 2.68. The third kappa shape index (κ3) is 4.29. The standard InChI is InChI=1S/C15H17N3O3S/c1-9-6-11(4-5-13(9)21-3)17-14(20)7-12-8-22-15(18-12)16-10(2)19/h4-6,8H,7H2,1-3H3,(H,17,20)(H,16,18,19). The van der Waals surface area contributed by atoms with Gasteiger partial charge in [0.2, 0.25) is 11.8 Å². The van der Waals surface area contributed by atoms with E-state index in [-0.39, 0.29) is 18.2 Å². The molecule has 0 unspecified atom stereocenters. The first-order valence-electron chi connectivity index (χ1n) is 6.64. The molecule has 2 amide bonds. The molecular weight excluding hydrogens is 302 g/mol. The molecule has 116 valence electrons. The van der Waals surface area contributed by atoms with Crippen LogP contribution in [0.2, 0.25) is 0 Å². The molecule has 2 aromatic rings. The number of hydrogen-bond donors (Lipinski definition) is 2. The summed E-state index contributed by atoms with van der Waals surface area (Å²) in [4.78, 5) is 27.1. The highest BCUT2D eigenvalue weighted by Crippen LogP contribution is 2.22. The molecule has 1 aromatic carbocycles. The largest absolute Gasteiger partial charge is 0.496 e. The summed E-state index contributed by atoms with van der Waals surface area (Å²) in [6, 6.07) is 5.44. The van der Waals surface area contributed by atoms with Crippen molar-refractivity contribution in [2.75, 3.05) is 17.7 Å². The van der Waals surface area contributed by atoms with Crippen molar-refractivity contribution in [2.24, 2.45) is 0 Å². The lowest BCUT2D eigenvalue weighted by atomic mass is 10.2. The molecule has 0 spiro atoms. The second-order valence-corrected chi connectivity index (χ2v) is 5.59. The van der Waals surface area contributed by atoms with Crippen molar-refractivity contribution >= 4 is 34.0 Å². The average molecular weight is 319 g/mol. The predicted octanol–water partition coefficient (Wildman–Crippen LogP) is 2.60. The quantitative estimate of drug-likeness (QED) is 0.887. The summed E-state index contributed by atoms with van der Waals surface area (Å²) in [5, 5.41) is 7.66. The number of aryl methyl sites for hydroxylation is 1. The molecular formula is C15H17N3O3S. The van der Waals surface area contributed by atoms with Crippen LogP contribution in [0.25, 0.3) is 0 Å². The maximum Gasteiger partial charge on any atom is 0.230 e. The monoisotopic (exact) mass is 319 g/mol. The Kier molecular flexibility index (Phi) is 5.11. The van der Waals surface area contributed by atoms with Crippen molar-refractivity contribution in [2.45, 2.75) is 20.3 Å². The Balaban J connectivity index is 1.96. The summed E-state index contributed by atoms with van der Waals surface area (Å²) in [6.07, 6.45) is 0.154. The van der Waals surface area contributed by atoms with Gasteiger partial charge in [-0.3, -0.25) is 9.59 Å². The predicted molar refractivity (Wildman–Crippen MR) is 86.5 cm³/mol. The number of methoxy groups -OCH3 is 1. The Morgan fingerprint density at radius 3 is 2.73 bits per heavy atom. The molecule has 0 aliphatic heterocycles. The van der Waals surface area contributed by atoms with E-state index in [9.17, 15) is 9.59 Å². The van der Waals surface area contributed by atoms with Gasteiger partial charge in [0, 0.05) is 18.0 Å². The fraction of sp³-hybridized carbons (Fsp3) is 0.267. The smallest absolute Gasteiger partial charge is 0.230 e. The van der Waals surface area contributed by atoms with E-state index < -0.39 is 0 Å². The molecule has 1 aromatic heterocycles. The minimum absolute atomic E-state index is 0.154. The number of amides is 2. The van der Waals surface area contributed by atoms with Crippen LogP contribution in [-0.2, 0) is 16.0 Å². The Bertz CT molecular complexity index is 697. The second-order valence-electron chi connectivity index (χ2n) is 4.73. The first-order valence-corrected chi connectivity index (χ1v) is 7.52. The van der Waals surface area contributed by atoms with Crippen LogP contribution >= 0.6 is 11.3 Å². The maximum atomic E-state index is 12.0. The number of aromatic nitrogens is 1. The first-order chi connectivity index (χ1) is 10.5. The molecule has 0 aliphatic rings. The third-order valence-electron chi connectivity index (χ3n) is 2.85. The highest BCUT2D eigenvalue weighted by Gasteiger charge is 2.09. The number of carbonyl (C=O) groups excluding carboxylic acids is 2. The van der Waals surface area contributed by atoms with Crippen LogP contribution in [0.15, 0.2) is 23.6 Å². The minimum atomic E-state index is -0.181. The second kappa shape index (κ2) is 7.04. The summed E-state index contributed by atoms with van der Waals surface area (Å²) in [5.41, 5.74) is 2.28. The molecule has 2 rings (SSSR count). The van der Waals surface area contributed by atoms with Gasteiger partial charge in [0.25, 0.3) is 0 Å². The Morgan fingerprint density at radius 2 is 2.09 bits per heavy atom. The molecule has 0 atom stereocenters. The van der Waals surface area contributed by atoms with Crippen molar-refractivity contribution in [3.05, 3.63) is 34.8 Å². The van der Waals surface area contributed by atoms with Crippen molar-refractivity contribution in [3.63, 3.8) is 0 Å². The van der Waals surface area contributed by atoms with E-state index in [1.165, 1.54) is 18.3 Å². The molecule has 0 bridgehead atoms. The van der Waals surface area contributed by atoms with Gasteiger partial charge in [-0.15, -0.1) is 11.3 Å². The van der Waals surface area contributed by atoms with Gasteiger partial charge in [-0.25, -0.2) is 4.98 Å². The molecule has 0 aliphatic carbocycles. The molecule has 22 heavy (non-hydrogen) atoms. The summed E-state index contributed by atoms with van der Waals surface area (Å²) in [5.74, 6) is 0.431. The van der Waals surface area contributed by atoms with E-state index in [0.29, 0.717) is 16.5 Å². The van der Waals surface area contributed by atoms with E-state index in [0.717, 1.165) is 11.3 Å². The van der Waals surface area contributed by atoms with E-state index >= 15 is 0 Å². The molecule has 7 heteroatoms. The number of thiazole rings is 1. The Morgan fingerprint density at radius 1 is 1.32 bits per heavy atom.